The van der Waals surface area contributed by atoms with Gasteiger partial charge in [-0.15, -0.1) is 0 Å². The van der Waals surface area contributed by atoms with Crippen molar-refractivity contribution in [3.63, 3.8) is 0 Å². The van der Waals surface area contributed by atoms with E-state index in [0.717, 1.165) is 42.0 Å². The van der Waals surface area contributed by atoms with Gasteiger partial charge in [0.25, 0.3) is 0 Å². The van der Waals surface area contributed by atoms with Gasteiger partial charge in [-0.1, -0.05) is 6.07 Å². The summed E-state index contributed by atoms with van der Waals surface area (Å²) in [6, 6.07) is 4.00. The molecule has 0 saturated carbocycles. The van der Waals surface area contributed by atoms with E-state index in [1.165, 1.54) is 0 Å². The van der Waals surface area contributed by atoms with Crippen molar-refractivity contribution in [1.82, 2.24) is 5.32 Å². The van der Waals surface area contributed by atoms with E-state index >= 15 is 0 Å². The third-order valence-corrected chi connectivity index (χ3v) is 3.17. The molecule has 0 bridgehead atoms. The number of aryl methyl sites for hydroxylation is 1. The van der Waals surface area contributed by atoms with Crippen LogP contribution in [0.5, 0.6) is 5.75 Å². The molecule has 1 aromatic carbocycles. The Morgan fingerprint density at radius 2 is 2.22 bits per heavy atom. The summed E-state index contributed by atoms with van der Waals surface area (Å²) in [5.41, 5.74) is 3.18. The van der Waals surface area contributed by atoms with Crippen LogP contribution in [0.25, 0.3) is 0 Å². The van der Waals surface area contributed by atoms with Gasteiger partial charge in [0.15, 0.2) is 0 Å². The molecular weight excluding hydrogens is 228 g/mol. The highest BCUT2D eigenvalue weighted by molar-refractivity contribution is 5.95. The maximum atomic E-state index is 11.4. The average Bonchev–Trinajstić information content (AvgIpc) is 2.37. The minimum Gasteiger partial charge on any atom is -0.493 e. The van der Waals surface area contributed by atoms with Crippen molar-refractivity contribution in [3.05, 3.63) is 23.3 Å². The number of anilines is 1. The number of fused-ring (bicyclic) bond motifs is 1. The molecule has 98 valence electrons. The van der Waals surface area contributed by atoms with Gasteiger partial charge in [0.2, 0.25) is 5.91 Å². The van der Waals surface area contributed by atoms with Crippen LogP contribution in [0.4, 0.5) is 5.69 Å². The van der Waals surface area contributed by atoms with Crippen LogP contribution in [0, 0.1) is 6.92 Å². The van der Waals surface area contributed by atoms with Crippen LogP contribution >= 0.6 is 0 Å². The Hall–Kier alpha value is -1.55. The highest BCUT2D eigenvalue weighted by atomic mass is 16.5. The van der Waals surface area contributed by atoms with Gasteiger partial charge in [0.05, 0.1) is 12.3 Å². The Balaban J connectivity index is 2.12. The van der Waals surface area contributed by atoms with E-state index in [1.807, 2.05) is 26.1 Å². The summed E-state index contributed by atoms with van der Waals surface area (Å²) in [5.74, 6) is 1.00. The molecule has 0 radical (unpaired) electrons. The lowest BCUT2D eigenvalue weighted by molar-refractivity contribution is -0.116. The highest BCUT2D eigenvalue weighted by Gasteiger charge is 2.20. The Morgan fingerprint density at radius 3 is 3.00 bits per heavy atom. The molecular formula is C14H20N2O2. The summed E-state index contributed by atoms with van der Waals surface area (Å²) in [5, 5.41) is 6.03. The van der Waals surface area contributed by atoms with Gasteiger partial charge in [0, 0.05) is 12.0 Å². The van der Waals surface area contributed by atoms with E-state index in [0.29, 0.717) is 13.0 Å². The first-order valence-corrected chi connectivity index (χ1v) is 6.42. The number of amides is 1. The predicted octanol–water partition coefficient (Wildman–Crippen LogP) is 1.87. The SMILES string of the molecule is CNCCCOc1ccc(C)c2c1CCC(=O)N2. The third-order valence-electron chi connectivity index (χ3n) is 3.17. The smallest absolute Gasteiger partial charge is 0.224 e. The van der Waals surface area contributed by atoms with Gasteiger partial charge in [0.1, 0.15) is 5.75 Å². The van der Waals surface area contributed by atoms with Gasteiger partial charge >= 0.3 is 0 Å². The summed E-state index contributed by atoms with van der Waals surface area (Å²) in [6.07, 6.45) is 2.29. The number of hydrogen-bond acceptors (Lipinski definition) is 3. The first-order chi connectivity index (χ1) is 8.72. The maximum absolute atomic E-state index is 11.4. The molecule has 4 nitrogen and oxygen atoms in total. The Bertz CT molecular complexity index is 444. The number of ether oxygens (including phenoxy) is 1. The first kappa shape index (κ1) is 12.9. The van der Waals surface area contributed by atoms with Crippen molar-refractivity contribution >= 4 is 11.6 Å². The number of carbonyl (C=O) groups is 1. The normalized spacial score (nSPS) is 14.0. The fourth-order valence-corrected chi connectivity index (χ4v) is 2.17. The fraction of sp³-hybridized carbons (Fsp3) is 0.500. The molecule has 0 saturated heterocycles. The molecule has 1 aromatic rings. The number of rotatable bonds is 5. The summed E-state index contributed by atoms with van der Waals surface area (Å²) >= 11 is 0. The zero-order valence-electron chi connectivity index (χ0n) is 11.0. The van der Waals surface area contributed by atoms with E-state index in [4.69, 9.17) is 4.74 Å². The van der Waals surface area contributed by atoms with Crippen LogP contribution in [-0.2, 0) is 11.2 Å². The van der Waals surface area contributed by atoms with Crippen LogP contribution in [-0.4, -0.2) is 26.1 Å². The number of nitrogens with one attached hydrogen (secondary N) is 2. The van der Waals surface area contributed by atoms with Crippen LogP contribution in [0.1, 0.15) is 24.0 Å². The standard InChI is InChI=1S/C14H20N2O2/c1-10-4-6-12(18-9-3-8-15-2)11-5-7-13(17)16-14(10)11/h4,6,15H,3,5,7-9H2,1-2H3,(H,16,17). The lowest BCUT2D eigenvalue weighted by Gasteiger charge is -2.22. The molecule has 0 atom stereocenters. The van der Waals surface area contributed by atoms with Gasteiger partial charge < -0.3 is 15.4 Å². The first-order valence-electron chi connectivity index (χ1n) is 6.42. The monoisotopic (exact) mass is 248 g/mol. The molecule has 2 N–H and O–H groups in total. The maximum Gasteiger partial charge on any atom is 0.224 e. The van der Waals surface area contributed by atoms with Gasteiger partial charge in [-0.2, -0.15) is 0 Å². The minimum atomic E-state index is 0.0953. The Kier molecular flexibility index (Phi) is 4.20. The van der Waals surface area contributed by atoms with Crippen LogP contribution in [0.2, 0.25) is 0 Å². The van der Waals surface area contributed by atoms with Crippen LogP contribution in [0.15, 0.2) is 12.1 Å². The van der Waals surface area contributed by atoms with Gasteiger partial charge in [-0.25, -0.2) is 0 Å². The number of hydrogen-bond donors (Lipinski definition) is 2. The summed E-state index contributed by atoms with van der Waals surface area (Å²) in [6.45, 7) is 3.66. The van der Waals surface area contributed by atoms with Crippen LogP contribution < -0.4 is 15.4 Å². The van der Waals surface area contributed by atoms with Crippen molar-refractivity contribution in [1.29, 1.82) is 0 Å². The van der Waals surface area contributed by atoms with Crippen molar-refractivity contribution in [2.75, 3.05) is 25.5 Å². The second-order valence-electron chi connectivity index (χ2n) is 4.59. The van der Waals surface area contributed by atoms with Crippen molar-refractivity contribution < 1.29 is 9.53 Å². The molecule has 1 aliphatic heterocycles. The van der Waals surface area contributed by atoms with E-state index in [9.17, 15) is 4.79 Å². The quantitative estimate of drug-likeness (QED) is 0.782. The summed E-state index contributed by atoms with van der Waals surface area (Å²) in [7, 11) is 1.93. The zero-order chi connectivity index (χ0) is 13.0. The molecule has 0 fully saturated rings. The number of carbonyl (C=O) groups excluding carboxylic acids is 1. The minimum absolute atomic E-state index is 0.0953. The molecule has 1 aliphatic rings. The molecule has 0 spiro atoms. The number of benzene rings is 1. The Labute approximate surface area is 108 Å². The molecule has 1 heterocycles. The second-order valence-corrected chi connectivity index (χ2v) is 4.59. The van der Waals surface area contributed by atoms with E-state index in [-0.39, 0.29) is 5.91 Å². The second kappa shape index (κ2) is 5.87. The molecule has 18 heavy (non-hydrogen) atoms. The molecule has 2 rings (SSSR count). The molecule has 4 heteroatoms. The van der Waals surface area contributed by atoms with Gasteiger partial charge in [-0.3, -0.25) is 4.79 Å². The predicted molar refractivity (Wildman–Crippen MR) is 72.2 cm³/mol. The lowest BCUT2D eigenvalue weighted by Crippen LogP contribution is -2.21. The summed E-state index contributed by atoms with van der Waals surface area (Å²) in [4.78, 5) is 11.4. The largest absolute Gasteiger partial charge is 0.493 e. The van der Waals surface area contributed by atoms with E-state index in [2.05, 4.69) is 10.6 Å². The highest BCUT2D eigenvalue weighted by Crippen LogP contribution is 2.33. The Morgan fingerprint density at radius 1 is 1.39 bits per heavy atom. The fourth-order valence-electron chi connectivity index (χ4n) is 2.17. The van der Waals surface area contributed by atoms with Gasteiger partial charge in [-0.05, 0) is 45.0 Å². The molecule has 0 aromatic heterocycles. The van der Waals surface area contributed by atoms with Crippen molar-refractivity contribution in [2.45, 2.75) is 26.2 Å². The third kappa shape index (κ3) is 2.82. The van der Waals surface area contributed by atoms with E-state index in [1.54, 1.807) is 0 Å². The molecule has 0 aliphatic carbocycles. The van der Waals surface area contributed by atoms with Crippen molar-refractivity contribution in [3.8, 4) is 5.75 Å². The average molecular weight is 248 g/mol. The van der Waals surface area contributed by atoms with Crippen LogP contribution in [0.3, 0.4) is 0 Å². The van der Waals surface area contributed by atoms with E-state index < -0.39 is 0 Å². The lowest BCUT2D eigenvalue weighted by atomic mass is 9.98. The zero-order valence-corrected chi connectivity index (χ0v) is 11.0. The molecule has 1 amide bonds. The van der Waals surface area contributed by atoms with Crippen molar-refractivity contribution in [2.24, 2.45) is 0 Å². The summed E-state index contributed by atoms with van der Waals surface area (Å²) < 4.78 is 5.81. The topological polar surface area (TPSA) is 50.4 Å². The molecule has 0 unspecified atom stereocenters.